The van der Waals surface area contributed by atoms with Gasteiger partial charge < -0.3 is 13.9 Å². The second-order valence-electron chi connectivity index (χ2n) is 17.3. The standard InChI is InChI=1S/C63H43IN2O/c1-2-17-51-42(13-1)14-12-22-52(51)43-27-33-49(34-28-43)65(50-35-29-44(30-36-50)53-18-3-7-23-58(53)66-59-24-8-4-19-54(59)55-20-5-9-25-60(55)66)63-38-32-48(41-64-63)46-16-11-15-45(39-46)47-31-37-57-56-21-6-10-26-61(56)67-62(57)40-47/h1,3-16,18-41H,2,17H2. The summed E-state index contributed by atoms with van der Waals surface area (Å²) in [6, 6.07) is 75.3. The van der Waals surface area contributed by atoms with Crippen LogP contribution in [0.15, 0.2) is 233 Å². The van der Waals surface area contributed by atoms with Gasteiger partial charge in [-0.15, -0.1) is 0 Å². The molecule has 0 spiro atoms. The van der Waals surface area contributed by atoms with E-state index < -0.39 is 20.7 Å². The molecule has 0 bridgehead atoms. The molecule has 3 nitrogen and oxygen atoms in total. The first-order valence-electron chi connectivity index (χ1n) is 23.0. The zero-order valence-corrected chi connectivity index (χ0v) is 38.8. The van der Waals surface area contributed by atoms with Crippen LogP contribution in [-0.2, 0) is 6.42 Å². The topological polar surface area (TPSA) is 21.3 Å². The van der Waals surface area contributed by atoms with E-state index in [-0.39, 0.29) is 0 Å². The lowest BCUT2D eigenvalue weighted by Crippen LogP contribution is -2.14. The van der Waals surface area contributed by atoms with Gasteiger partial charge in [0.15, 0.2) is 0 Å². The SMILES string of the molecule is C1=Cc2cccc(-c3ccc(N(C4=CC=C(c5cccc(-c6ccc7c(c6)oc6ccccc67)c5)C=I4)c4ccc(-c5ccccc5-n5c6ccccc6c6ccccc65)cc4)cc3)c2CC1. The first kappa shape index (κ1) is 39.6. The van der Waals surface area contributed by atoms with Gasteiger partial charge in [-0.1, -0.05) is 178 Å². The summed E-state index contributed by atoms with van der Waals surface area (Å²) >= 11 is -0.520. The minimum atomic E-state index is -0.520. The molecule has 11 aromatic rings. The zero-order valence-electron chi connectivity index (χ0n) is 36.6. The summed E-state index contributed by atoms with van der Waals surface area (Å²) in [5.74, 6) is 0. The number of nitrogens with zero attached hydrogens (tertiary/aromatic N) is 2. The van der Waals surface area contributed by atoms with Crippen molar-refractivity contribution in [2.75, 3.05) is 4.90 Å². The van der Waals surface area contributed by atoms with Crippen LogP contribution in [-0.4, -0.2) is 8.58 Å². The molecular formula is C63H43IN2O. The Morgan fingerprint density at radius 3 is 1.84 bits per heavy atom. The fraction of sp³-hybridized carbons (Fsp3) is 0.0317. The van der Waals surface area contributed by atoms with E-state index in [1.807, 2.05) is 12.1 Å². The first-order valence-corrected chi connectivity index (χ1v) is 25.3. The van der Waals surface area contributed by atoms with Crippen molar-refractivity contribution in [2.24, 2.45) is 0 Å². The van der Waals surface area contributed by atoms with Gasteiger partial charge in [-0.25, -0.2) is 0 Å². The number of halogens is 1. The Morgan fingerprint density at radius 1 is 0.463 bits per heavy atom. The lowest BCUT2D eigenvalue weighted by Gasteiger charge is -2.27. The third-order valence-corrected chi connectivity index (χ3v) is 15.9. The van der Waals surface area contributed by atoms with Crippen molar-refractivity contribution in [1.29, 1.82) is 0 Å². The zero-order chi connectivity index (χ0) is 44.3. The van der Waals surface area contributed by atoms with Crippen molar-refractivity contribution in [3.8, 4) is 39.1 Å². The normalized spacial score (nSPS) is 13.4. The third-order valence-electron chi connectivity index (χ3n) is 13.5. The van der Waals surface area contributed by atoms with Gasteiger partial charge >= 0.3 is 0 Å². The number of allylic oxidation sites excluding steroid dienone is 4. The van der Waals surface area contributed by atoms with Gasteiger partial charge in [0.05, 0.1) is 20.4 Å². The Labute approximate surface area is 399 Å². The van der Waals surface area contributed by atoms with Crippen LogP contribution < -0.4 is 4.90 Å². The van der Waals surface area contributed by atoms with Gasteiger partial charge in [-0.05, 0) is 140 Å². The van der Waals surface area contributed by atoms with Crippen molar-refractivity contribution in [2.45, 2.75) is 12.8 Å². The minimum absolute atomic E-state index is 0.520. The van der Waals surface area contributed by atoms with Crippen LogP contribution >= 0.6 is 20.7 Å². The Hall–Kier alpha value is -7.80. The number of hydrogen-bond donors (Lipinski definition) is 0. The lowest BCUT2D eigenvalue weighted by atomic mass is 9.89. The number of para-hydroxylation sites is 4. The van der Waals surface area contributed by atoms with E-state index in [1.165, 1.54) is 81.3 Å². The molecule has 318 valence electrons. The fourth-order valence-electron chi connectivity index (χ4n) is 10.2. The molecule has 0 radical (unpaired) electrons. The number of rotatable bonds is 8. The van der Waals surface area contributed by atoms with E-state index in [1.54, 1.807) is 0 Å². The molecule has 1 aliphatic heterocycles. The molecule has 2 aromatic heterocycles. The summed E-state index contributed by atoms with van der Waals surface area (Å²) in [4.78, 5) is 2.48. The molecule has 3 heterocycles. The molecule has 9 aromatic carbocycles. The predicted octanol–water partition coefficient (Wildman–Crippen LogP) is 17.5. The van der Waals surface area contributed by atoms with Gasteiger partial charge in [-0.2, -0.15) is 0 Å². The van der Waals surface area contributed by atoms with Crippen LogP contribution in [0.3, 0.4) is 0 Å². The molecule has 0 saturated carbocycles. The van der Waals surface area contributed by atoms with Crippen molar-refractivity contribution in [3.05, 3.63) is 245 Å². The Morgan fingerprint density at radius 2 is 1.07 bits per heavy atom. The maximum Gasteiger partial charge on any atom is 0.136 e. The molecule has 0 amide bonds. The molecule has 4 heteroatoms. The quantitative estimate of drug-likeness (QED) is 0.112. The summed E-state index contributed by atoms with van der Waals surface area (Å²) in [7, 11) is 0. The second-order valence-corrected chi connectivity index (χ2v) is 19.7. The van der Waals surface area contributed by atoms with Gasteiger partial charge in [0.25, 0.3) is 0 Å². The molecule has 67 heavy (non-hydrogen) atoms. The number of hydrogen-bond acceptors (Lipinski definition) is 2. The summed E-state index contributed by atoms with van der Waals surface area (Å²) in [6.07, 6.45) is 11.4. The van der Waals surface area contributed by atoms with Crippen LogP contribution in [0.5, 0.6) is 0 Å². The molecule has 1 aliphatic carbocycles. The van der Waals surface area contributed by atoms with Crippen molar-refractivity contribution >= 4 is 91.5 Å². The van der Waals surface area contributed by atoms with Crippen LogP contribution in [0.1, 0.15) is 23.1 Å². The maximum absolute atomic E-state index is 6.27. The van der Waals surface area contributed by atoms with Crippen LogP contribution in [0.4, 0.5) is 11.4 Å². The molecule has 0 saturated heterocycles. The van der Waals surface area contributed by atoms with Crippen LogP contribution in [0, 0.1) is 0 Å². The molecule has 0 fully saturated rings. The fourth-order valence-corrected chi connectivity index (χ4v) is 12.7. The summed E-state index contributed by atoms with van der Waals surface area (Å²) in [6.45, 7) is 0. The number of furan rings is 1. The van der Waals surface area contributed by atoms with Gasteiger partial charge in [0.1, 0.15) is 11.2 Å². The molecule has 0 unspecified atom stereocenters. The van der Waals surface area contributed by atoms with Crippen LogP contribution in [0.25, 0.3) is 94.5 Å². The van der Waals surface area contributed by atoms with E-state index in [2.05, 4.69) is 232 Å². The van der Waals surface area contributed by atoms with E-state index in [9.17, 15) is 0 Å². The molecule has 0 atom stereocenters. The molecule has 13 rings (SSSR count). The predicted molar refractivity (Wildman–Crippen MR) is 293 cm³/mol. The first-order chi connectivity index (χ1) is 33.2. The average Bonchev–Trinajstić information content (AvgIpc) is 3.95. The van der Waals surface area contributed by atoms with E-state index in [4.69, 9.17) is 4.42 Å². The summed E-state index contributed by atoms with van der Waals surface area (Å²) in [5, 5.41) is 4.83. The van der Waals surface area contributed by atoms with Crippen molar-refractivity contribution in [1.82, 2.24) is 4.57 Å². The average molecular weight is 971 g/mol. The van der Waals surface area contributed by atoms with E-state index in [0.717, 1.165) is 51.7 Å². The lowest BCUT2D eigenvalue weighted by molar-refractivity contribution is 0.669. The van der Waals surface area contributed by atoms with Crippen molar-refractivity contribution in [3.63, 3.8) is 0 Å². The minimum Gasteiger partial charge on any atom is -0.456 e. The highest BCUT2D eigenvalue weighted by atomic mass is 127. The molecule has 2 aliphatic rings. The maximum atomic E-state index is 6.27. The van der Waals surface area contributed by atoms with Gasteiger partial charge in [0, 0.05) is 38.5 Å². The summed E-state index contributed by atoms with van der Waals surface area (Å²) in [5.41, 5.74) is 20.3. The van der Waals surface area contributed by atoms with Gasteiger partial charge in [-0.3, -0.25) is 0 Å². The monoisotopic (exact) mass is 970 g/mol. The number of anilines is 2. The van der Waals surface area contributed by atoms with Crippen molar-refractivity contribution < 1.29 is 4.42 Å². The Kier molecular flexibility index (Phi) is 9.78. The number of benzene rings is 9. The van der Waals surface area contributed by atoms with E-state index in [0.29, 0.717) is 0 Å². The Bertz CT molecular complexity index is 3810. The smallest absolute Gasteiger partial charge is 0.136 e. The summed E-state index contributed by atoms with van der Waals surface area (Å²) < 4.78 is 12.5. The molecular weight excluding hydrogens is 928 g/mol. The van der Waals surface area contributed by atoms with Gasteiger partial charge in [0.2, 0.25) is 0 Å². The second kappa shape index (κ2) is 16.6. The highest BCUT2D eigenvalue weighted by Crippen LogP contribution is 2.42. The number of aromatic nitrogens is 1. The highest BCUT2D eigenvalue weighted by Gasteiger charge is 2.20. The highest BCUT2D eigenvalue weighted by molar-refractivity contribution is 14.2. The van der Waals surface area contributed by atoms with E-state index >= 15 is 0 Å². The Balaban J connectivity index is 0.870. The van der Waals surface area contributed by atoms with Crippen LogP contribution in [0.2, 0.25) is 0 Å². The number of fused-ring (bicyclic) bond motifs is 7. The third kappa shape index (κ3) is 6.99. The largest absolute Gasteiger partial charge is 0.456 e. The molecule has 0 N–H and O–H groups in total.